The van der Waals surface area contributed by atoms with Crippen molar-refractivity contribution in [1.82, 2.24) is 0 Å². The molecule has 0 atom stereocenters. The van der Waals surface area contributed by atoms with E-state index in [1.54, 1.807) is 18.2 Å². The minimum absolute atomic E-state index is 0.0202. The van der Waals surface area contributed by atoms with Gasteiger partial charge in [0.05, 0.1) is 11.1 Å². The van der Waals surface area contributed by atoms with Crippen LogP contribution in [0.15, 0.2) is 18.2 Å². The van der Waals surface area contributed by atoms with Gasteiger partial charge in [0.1, 0.15) is 5.75 Å². The number of carbonyl (C=O) groups excluding carboxylic acids is 1. The highest BCUT2D eigenvalue weighted by Gasteiger charge is 2.18. The smallest absolute Gasteiger partial charge is 0.164 e. The summed E-state index contributed by atoms with van der Waals surface area (Å²) >= 11 is 6.14. The molecule has 0 spiro atoms. The quantitative estimate of drug-likeness (QED) is 0.834. The number of ketones is 1. The van der Waals surface area contributed by atoms with E-state index in [-0.39, 0.29) is 11.9 Å². The van der Waals surface area contributed by atoms with Gasteiger partial charge < -0.3 is 10.5 Å². The van der Waals surface area contributed by atoms with E-state index < -0.39 is 0 Å². The lowest BCUT2D eigenvalue weighted by Crippen LogP contribution is -2.12. The second kappa shape index (κ2) is 6.21. The van der Waals surface area contributed by atoms with Gasteiger partial charge in [0.15, 0.2) is 5.78 Å². The summed E-state index contributed by atoms with van der Waals surface area (Å²) in [6.45, 7) is 0.358. The monoisotopic (exact) mass is 267 g/mol. The van der Waals surface area contributed by atoms with Gasteiger partial charge in [0.2, 0.25) is 0 Å². The van der Waals surface area contributed by atoms with Gasteiger partial charge in [-0.3, -0.25) is 4.79 Å². The number of halogens is 1. The van der Waals surface area contributed by atoms with Gasteiger partial charge in [-0.25, -0.2) is 0 Å². The fourth-order valence-electron chi connectivity index (χ4n) is 2.23. The van der Waals surface area contributed by atoms with Crippen molar-refractivity contribution in [2.75, 3.05) is 6.54 Å². The van der Waals surface area contributed by atoms with Crippen LogP contribution in [0, 0.1) is 0 Å². The minimum Gasteiger partial charge on any atom is -0.489 e. The summed E-state index contributed by atoms with van der Waals surface area (Å²) in [5.74, 6) is 0.694. The average molecular weight is 268 g/mol. The molecule has 0 heterocycles. The van der Waals surface area contributed by atoms with Gasteiger partial charge in [-0.1, -0.05) is 11.6 Å². The highest BCUT2D eigenvalue weighted by atomic mass is 35.5. The summed E-state index contributed by atoms with van der Waals surface area (Å²) in [5, 5.41) is 0.504. The Balaban J connectivity index is 2.06. The molecule has 0 amide bonds. The highest BCUT2D eigenvalue weighted by Crippen LogP contribution is 2.30. The fourth-order valence-corrected chi connectivity index (χ4v) is 2.46. The molecule has 1 fully saturated rings. The fraction of sp³-hybridized carbons (Fsp3) is 0.500. The molecule has 2 rings (SSSR count). The number of benzene rings is 1. The summed E-state index contributed by atoms with van der Waals surface area (Å²) in [6.07, 6.45) is 5.23. The highest BCUT2D eigenvalue weighted by molar-refractivity contribution is 6.32. The molecule has 0 saturated heterocycles. The summed E-state index contributed by atoms with van der Waals surface area (Å²) in [4.78, 5) is 11.7. The average Bonchev–Trinajstić information content (AvgIpc) is 2.85. The van der Waals surface area contributed by atoms with Crippen LogP contribution in [-0.2, 0) is 0 Å². The molecule has 0 radical (unpaired) electrons. The number of rotatable bonds is 5. The lowest BCUT2D eigenvalue weighted by Gasteiger charge is -2.14. The van der Waals surface area contributed by atoms with Gasteiger partial charge in [-0.15, -0.1) is 0 Å². The summed E-state index contributed by atoms with van der Waals surface area (Å²) in [7, 11) is 0. The lowest BCUT2D eigenvalue weighted by molar-refractivity contribution is 0.0985. The van der Waals surface area contributed by atoms with Gasteiger partial charge in [0, 0.05) is 12.0 Å². The number of hydrogen-bond donors (Lipinski definition) is 1. The third-order valence-electron chi connectivity index (χ3n) is 3.22. The molecule has 0 bridgehead atoms. The predicted molar refractivity (Wildman–Crippen MR) is 72.3 cm³/mol. The third kappa shape index (κ3) is 3.24. The van der Waals surface area contributed by atoms with Crippen molar-refractivity contribution >= 4 is 17.4 Å². The van der Waals surface area contributed by atoms with Gasteiger partial charge in [0.25, 0.3) is 0 Å². The predicted octanol–water partition coefficient (Wildman–Crippen LogP) is 3.19. The number of ether oxygens (including phenoxy) is 1. The Labute approximate surface area is 112 Å². The first-order chi connectivity index (χ1) is 8.70. The van der Waals surface area contributed by atoms with Crippen LogP contribution in [0.3, 0.4) is 0 Å². The van der Waals surface area contributed by atoms with Gasteiger partial charge >= 0.3 is 0 Å². The molecule has 1 aromatic rings. The summed E-state index contributed by atoms with van der Waals surface area (Å²) in [5.41, 5.74) is 5.97. The van der Waals surface area contributed by atoms with Crippen molar-refractivity contribution in [1.29, 1.82) is 0 Å². The molecule has 1 aliphatic carbocycles. The Bertz CT molecular complexity index is 428. The van der Waals surface area contributed by atoms with Crippen molar-refractivity contribution in [3.05, 3.63) is 28.8 Å². The Morgan fingerprint density at radius 2 is 2.11 bits per heavy atom. The number of Topliss-reactive ketones (excluding diaryl/α,β-unsaturated/α-hetero) is 1. The van der Waals surface area contributed by atoms with Crippen LogP contribution < -0.4 is 10.5 Å². The van der Waals surface area contributed by atoms with Crippen LogP contribution in [0.2, 0.25) is 5.02 Å². The molecule has 4 heteroatoms. The molecular weight excluding hydrogens is 250 g/mol. The van der Waals surface area contributed by atoms with Crippen molar-refractivity contribution in [2.24, 2.45) is 5.73 Å². The molecule has 18 heavy (non-hydrogen) atoms. The first-order valence-corrected chi connectivity index (χ1v) is 6.78. The molecule has 98 valence electrons. The SMILES string of the molecule is NCCC(=O)c1ccc(OC2CCCC2)c(Cl)c1. The standard InChI is InChI=1S/C14H18ClNO2/c15-12-9-10(13(17)7-8-16)5-6-14(12)18-11-3-1-2-4-11/h5-6,9,11H,1-4,7-8,16H2. The molecule has 0 aliphatic heterocycles. The molecule has 1 aliphatic rings. The van der Waals surface area contributed by atoms with Crippen LogP contribution in [0.25, 0.3) is 0 Å². The molecule has 0 aromatic heterocycles. The van der Waals surface area contributed by atoms with Crippen LogP contribution >= 0.6 is 11.6 Å². The molecule has 0 unspecified atom stereocenters. The zero-order valence-electron chi connectivity index (χ0n) is 10.3. The van der Waals surface area contributed by atoms with Crippen molar-refractivity contribution < 1.29 is 9.53 Å². The summed E-state index contributed by atoms with van der Waals surface area (Å²) in [6, 6.07) is 5.21. The first-order valence-electron chi connectivity index (χ1n) is 6.40. The van der Waals surface area contributed by atoms with Gasteiger partial charge in [-0.05, 0) is 50.4 Å². The van der Waals surface area contributed by atoms with Crippen molar-refractivity contribution in [3.63, 3.8) is 0 Å². The Morgan fingerprint density at radius 1 is 1.39 bits per heavy atom. The van der Waals surface area contributed by atoms with Crippen LogP contribution in [0.4, 0.5) is 0 Å². The zero-order valence-corrected chi connectivity index (χ0v) is 11.1. The second-order valence-corrected chi connectivity index (χ2v) is 5.04. The van der Waals surface area contributed by atoms with E-state index in [0.717, 1.165) is 12.8 Å². The molecule has 1 saturated carbocycles. The van der Waals surface area contributed by atoms with E-state index in [9.17, 15) is 4.79 Å². The third-order valence-corrected chi connectivity index (χ3v) is 3.52. The van der Waals surface area contributed by atoms with E-state index in [0.29, 0.717) is 29.3 Å². The largest absolute Gasteiger partial charge is 0.489 e. The maximum atomic E-state index is 11.7. The maximum absolute atomic E-state index is 11.7. The number of hydrogen-bond acceptors (Lipinski definition) is 3. The topological polar surface area (TPSA) is 52.3 Å². The van der Waals surface area contributed by atoms with Crippen LogP contribution in [0.1, 0.15) is 42.5 Å². The van der Waals surface area contributed by atoms with Crippen LogP contribution in [0.5, 0.6) is 5.75 Å². The minimum atomic E-state index is 0.0202. The zero-order chi connectivity index (χ0) is 13.0. The Hall–Kier alpha value is -1.06. The van der Waals surface area contributed by atoms with E-state index in [1.165, 1.54) is 12.8 Å². The first kappa shape index (κ1) is 13.4. The van der Waals surface area contributed by atoms with Crippen molar-refractivity contribution in [2.45, 2.75) is 38.2 Å². The molecule has 1 aromatic carbocycles. The Morgan fingerprint density at radius 3 is 2.72 bits per heavy atom. The summed E-state index contributed by atoms with van der Waals surface area (Å²) < 4.78 is 5.83. The Kier molecular flexibility index (Phi) is 4.61. The number of nitrogens with two attached hydrogens (primary N) is 1. The van der Waals surface area contributed by atoms with E-state index >= 15 is 0 Å². The second-order valence-electron chi connectivity index (χ2n) is 4.63. The number of carbonyl (C=O) groups is 1. The molecule has 3 nitrogen and oxygen atoms in total. The molecule has 2 N–H and O–H groups in total. The normalized spacial score (nSPS) is 15.9. The van der Waals surface area contributed by atoms with E-state index in [1.807, 2.05) is 0 Å². The van der Waals surface area contributed by atoms with Crippen LogP contribution in [-0.4, -0.2) is 18.4 Å². The van der Waals surface area contributed by atoms with Gasteiger partial charge in [-0.2, -0.15) is 0 Å². The van der Waals surface area contributed by atoms with Crippen molar-refractivity contribution in [3.8, 4) is 5.75 Å². The van der Waals surface area contributed by atoms with E-state index in [2.05, 4.69) is 0 Å². The maximum Gasteiger partial charge on any atom is 0.164 e. The molecular formula is C14H18ClNO2. The lowest BCUT2D eigenvalue weighted by atomic mass is 10.1. The van der Waals surface area contributed by atoms with E-state index in [4.69, 9.17) is 22.1 Å².